The smallest absolute Gasteiger partial charge is 0.434 e. The molecule has 0 spiro atoms. The molecule has 0 bridgehead atoms. The van der Waals surface area contributed by atoms with Crippen molar-refractivity contribution in [1.82, 2.24) is 25.3 Å². The highest BCUT2D eigenvalue weighted by molar-refractivity contribution is 5.95. The number of carbonyl (C=O) groups is 1. The van der Waals surface area contributed by atoms with Gasteiger partial charge in [-0.05, 0) is 30.7 Å². The number of rotatable bonds is 7. The van der Waals surface area contributed by atoms with Crippen molar-refractivity contribution in [3.05, 3.63) is 53.3 Å². The topological polar surface area (TPSA) is 100 Å². The predicted octanol–water partition coefficient (Wildman–Crippen LogP) is 3.20. The molecular formula is C20H20F3N5O4. The van der Waals surface area contributed by atoms with Crippen molar-refractivity contribution < 1.29 is 32.2 Å². The lowest BCUT2D eigenvalue weighted by atomic mass is 10.1. The van der Waals surface area contributed by atoms with Crippen LogP contribution in [0.3, 0.4) is 0 Å². The van der Waals surface area contributed by atoms with Crippen LogP contribution in [-0.2, 0) is 6.18 Å². The average molecular weight is 451 g/mol. The van der Waals surface area contributed by atoms with E-state index in [-0.39, 0.29) is 11.7 Å². The number of alkyl halides is 3. The van der Waals surface area contributed by atoms with E-state index in [4.69, 9.17) is 14.2 Å². The van der Waals surface area contributed by atoms with Crippen LogP contribution >= 0.6 is 0 Å². The van der Waals surface area contributed by atoms with Crippen LogP contribution in [0.2, 0.25) is 0 Å². The molecule has 1 amide bonds. The van der Waals surface area contributed by atoms with Crippen molar-refractivity contribution in [2.45, 2.75) is 19.1 Å². The molecule has 2 heterocycles. The van der Waals surface area contributed by atoms with E-state index in [0.717, 1.165) is 6.20 Å². The number of aromatic nitrogens is 4. The van der Waals surface area contributed by atoms with Gasteiger partial charge in [-0.25, -0.2) is 4.68 Å². The summed E-state index contributed by atoms with van der Waals surface area (Å²) in [5, 5.41) is 13.6. The number of ether oxygens (including phenoxy) is 3. The Kier molecular flexibility index (Phi) is 6.51. The third kappa shape index (κ3) is 4.58. The number of amides is 1. The van der Waals surface area contributed by atoms with Gasteiger partial charge < -0.3 is 19.5 Å². The van der Waals surface area contributed by atoms with Crippen LogP contribution in [0.25, 0.3) is 5.82 Å². The van der Waals surface area contributed by atoms with Gasteiger partial charge in [-0.3, -0.25) is 4.79 Å². The van der Waals surface area contributed by atoms with E-state index < -0.39 is 29.4 Å². The summed E-state index contributed by atoms with van der Waals surface area (Å²) in [6.07, 6.45) is -4.04. The Bertz CT molecular complexity index is 1100. The maximum Gasteiger partial charge on any atom is 0.434 e. The average Bonchev–Trinajstić information content (AvgIpc) is 3.24. The molecule has 2 aromatic heterocycles. The third-order valence-corrected chi connectivity index (χ3v) is 4.59. The highest BCUT2D eigenvalue weighted by atomic mass is 19.4. The van der Waals surface area contributed by atoms with Crippen LogP contribution in [0.4, 0.5) is 13.2 Å². The molecule has 0 saturated heterocycles. The maximum absolute atomic E-state index is 13.8. The summed E-state index contributed by atoms with van der Waals surface area (Å²) >= 11 is 0. The number of hydrogen-bond donors (Lipinski definition) is 1. The minimum atomic E-state index is -4.88. The van der Waals surface area contributed by atoms with Crippen molar-refractivity contribution >= 4 is 5.91 Å². The molecular weight excluding hydrogens is 431 g/mol. The van der Waals surface area contributed by atoms with E-state index in [9.17, 15) is 18.0 Å². The van der Waals surface area contributed by atoms with E-state index in [1.807, 2.05) is 0 Å². The SMILES string of the molecule is COc1ccc(-n2ncc(C(=O)NC(C)c3ccc(OC)c(OC)c3)c2C(F)(F)F)nn1. The molecule has 1 aromatic carbocycles. The monoisotopic (exact) mass is 451 g/mol. The van der Waals surface area contributed by atoms with E-state index in [1.165, 1.54) is 33.5 Å². The van der Waals surface area contributed by atoms with E-state index in [0.29, 0.717) is 21.7 Å². The number of nitrogens with one attached hydrogen (secondary N) is 1. The summed E-state index contributed by atoms with van der Waals surface area (Å²) < 4.78 is 57.3. The predicted molar refractivity (Wildman–Crippen MR) is 106 cm³/mol. The lowest BCUT2D eigenvalue weighted by Crippen LogP contribution is -2.29. The molecule has 0 aliphatic carbocycles. The van der Waals surface area contributed by atoms with Gasteiger partial charge >= 0.3 is 6.18 Å². The van der Waals surface area contributed by atoms with Crippen LogP contribution in [0, 0.1) is 0 Å². The Morgan fingerprint density at radius 2 is 1.75 bits per heavy atom. The minimum absolute atomic E-state index is 0.121. The molecule has 3 aromatic rings. The summed E-state index contributed by atoms with van der Waals surface area (Å²) in [6.45, 7) is 1.63. The van der Waals surface area contributed by atoms with Crippen LogP contribution in [0.15, 0.2) is 36.5 Å². The van der Waals surface area contributed by atoms with Crippen molar-refractivity contribution in [2.75, 3.05) is 21.3 Å². The number of hydrogen-bond acceptors (Lipinski definition) is 7. The zero-order chi connectivity index (χ0) is 23.5. The lowest BCUT2D eigenvalue weighted by Gasteiger charge is -2.17. The molecule has 0 saturated carbocycles. The van der Waals surface area contributed by atoms with E-state index >= 15 is 0 Å². The molecule has 32 heavy (non-hydrogen) atoms. The first kappa shape index (κ1) is 22.8. The Balaban J connectivity index is 1.92. The fraction of sp³-hybridized carbons (Fsp3) is 0.300. The van der Waals surface area contributed by atoms with Gasteiger partial charge in [-0.1, -0.05) is 6.07 Å². The zero-order valence-electron chi connectivity index (χ0n) is 17.6. The Morgan fingerprint density at radius 1 is 1.03 bits per heavy atom. The minimum Gasteiger partial charge on any atom is -0.493 e. The molecule has 0 aliphatic rings. The fourth-order valence-electron chi connectivity index (χ4n) is 2.98. The fourth-order valence-corrected chi connectivity index (χ4v) is 2.98. The molecule has 9 nitrogen and oxygen atoms in total. The lowest BCUT2D eigenvalue weighted by molar-refractivity contribution is -0.143. The molecule has 0 aliphatic heterocycles. The molecule has 170 valence electrons. The standard InChI is InChI=1S/C20H20F3N5O4/c1-11(12-5-6-14(30-2)15(9-12)31-3)25-19(29)13-10-24-28(18(13)20(21,22)23)16-7-8-17(32-4)27-26-16/h5-11H,1-4H3,(H,25,29). The quantitative estimate of drug-likeness (QED) is 0.589. The van der Waals surface area contributed by atoms with E-state index in [1.54, 1.807) is 25.1 Å². The second-order valence-electron chi connectivity index (χ2n) is 6.56. The van der Waals surface area contributed by atoms with Gasteiger partial charge in [0.25, 0.3) is 5.91 Å². The van der Waals surface area contributed by atoms with E-state index in [2.05, 4.69) is 20.6 Å². The third-order valence-electron chi connectivity index (χ3n) is 4.59. The van der Waals surface area contributed by atoms with Crippen molar-refractivity contribution in [3.8, 4) is 23.2 Å². The van der Waals surface area contributed by atoms with Gasteiger partial charge in [0, 0.05) is 6.07 Å². The molecule has 3 rings (SSSR count). The van der Waals surface area contributed by atoms with Gasteiger partial charge in [0.2, 0.25) is 5.88 Å². The Morgan fingerprint density at radius 3 is 2.31 bits per heavy atom. The summed E-state index contributed by atoms with van der Waals surface area (Å²) in [5.74, 6) is -0.141. The Labute approximate surface area is 181 Å². The number of nitrogens with zero attached hydrogens (tertiary/aromatic N) is 4. The van der Waals surface area contributed by atoms with Crippen molar-refractivity contribution in [2.24, 2.45) is 0 Å². The molecule has 0 radical (unpaired) electrons. The highest BCUT2D eigenvalue weighted by Crippen LogP contribution is 2.34. The summed E-state index contributed by atoms with van der Waals surface area (Å²) in [7, 11) is 4.28. The number of carbonyl (C=O) groups excluding carboxylic acids is 1. The summed E-state index contributed by atoms with van der Waals surface area (Å²) in [4.78, 5) is 12.7. The summed E-state index contributed by atoms with van der Waals surface area (Å²) in [6, 6.07) is 6.90. The number of benzene rings is 1. The van der Waals surface area contributed by atoms with Gasteiger partial charge in [0.05, 0.1) is 39.1 Å². The van der Waals surface area contributed by atoms with Gasteiger partial charge in [-0.15, -0.1) is 10.2 Å². The number of methoxy groups -OCH3 is 3. The van der Waals surface area contributed by atoms with Crippen molar-refractivity contribution in [3.63, 3.8) is 0 Å². The van der Waals surface area contributed by atoms with Crippen LogP contribution in [0.5, 0.6) is 17.4 Å². The van der Waals surface area contributed by atoms with Crippen LogP contribution in [0.1, 0.15) is 34.6 Å². The van der Waals surface area contributed by atoms with Gasteiger partial charge in [-0.2, -0.15) is 18.3 Å². The van der Waals surface area contributed by atoms with Gasteiger partial charge in [0.15, 0.2) is 23.0 Å². The summed E-state index contributed by atoms with van der Waals surface area (Å²) in [5.41, 5.74) is -1.31. The largest absolute Gasteiger partial charge is 0.493 e. The van der Waals surface area contributed by atoms with Crippen molar-refractivity contribution in [1.29, 1.82) is 0 Å². The first-order valence-electron chi connectivity index (χ1n) is 9.25. The van der Waals surface area contributed by atoms with Crippen LogP contribution < -0.4 is 19.5 Å². The Hall–Kier alpha value is -3.83. The molecule has 1 N–H and O–H groups in total. The normalized spacial score (nSPS) is 12.2. The van der Waals surface area contributed by atoms with Crippen LogP contribution in [-0.4, -0.2) is 47.2 Å². The molecule has 1 unspecified atom stereocenters. The second-order valence-corrected chi connectivity index (χ2v) is 6.56. The van der Waals surface area contributed by atoms with Gasteiger partial charge in [0.1, 0.15) is 0 Å². The second kappa shape index (κ2) is 9.12. The molecule has 1 atom stereocenters. The first-order valence-corrected chi connectivity index (χ1v) is 9.25. The molecule has 12 heteroatoms. The molecule has 0 fully saturated rings. The first-order chi connectivity index (χ1) is 15.2. The zero-order valence-corrected chi connectivity index (χ0v) is 17.6. The highest BCUT2D eigenvalue weighted by Gasteiger charge is 2.41. The number of halogens is 3. The maximum atomic E-state index is 13.8.